The van der Waals surface area contributed by atoms with Crippen LogP contribution in [-0.4, -0.2) is 44.9 Å². The molecule has 1 aliphatic rings. The van der Waals surface area contributed by atoms with E-state index >= 15 is 0 Å². The summed E-state index contributed by atoms with van der Waals surface area (Å²) in [5, 5.41) is 6.55. The Hall–Kier alpha value is -1.75. The van der Waals surface area contributed by atoms with Gasteiger partial charge in [0.1, 0.15) is 12.4 Å². The minimum Gasteiger partial charge on any atom is -0.492 e. The maximum Gasteiger partial charge on any atom is 0.191 e. The van der Waals surface area contributed by atoms with E-state index < -0.39 is 0 Å². The van der Waals surface area contributed by atoms with Gasteiger partial charge in [-0.1, -0.05) is 6.07 Å². The third-order valence-corrected chi connectivity index (χ3v) is 3.68. The molecule has 1 atom stereocenters. The van der Waals surface area contributed by atoms with Gasteiger partial charge in [0, 0.05) is 13.2 Å². The van der Waals surface area contributed by atoms with Gasteiger partial charge < -0.3 is 20.1 Å². The number of benzene rings is 1. The van der Waals surface area contributed by atoms with Crippen molar-refractivity contribution in [2.45, 2.75) is 39.7 Å². The van der Waals surface area contributed by atoms with Crippen LogP contribution in [0.4, 0.5) is 0 Å². The summed E-state index contributed by atoms with van der Waals surface area (Å²) in [7, 11) is 0. The minimum absolute atomic E-state index is 0.275. The zero-order valence-electron chi connectivity index (χ0n) is 14.5. The van der Waals surface area contributed by atoms with Gasteiger partial charge in [-0.3, -0.25) is 4.99 Å². The van der Waals surface area contributed by atoms with E-state index in [9.17, 15) is 0 Å². The van der Waals surface area contributed by atoms with Gasteiger partial charge >= 0.3 is 0 Å². The van der Waals surface area contributed by atoms with Gasteiger partial charge in [0.2, 0.25) is 0 Å². The normalized spacial score (nSPS) is 18.0. The molecule has 1 saturated heterocycles. The fourth-order valence-corrected chi connectivity index (χ4v) is 2.68. The molecule has 1 fully saturated rings. The Balaban J connectivity index is 1.73. The van der Waals surface area contributed by atoms with E-state index in [1.165, 1.54) is 11.1 Å². The number of aryl methyl sites for hydroxylation is 2. The van der Waals surface area contributed by atoms with Crippen LogP contribution in [0.25, 0.3) is 0 Å². The highest BCUT2D eigenvalue weighted by Gasteiger charge is 2.14. The van der Waals surface area contributed by atoms with Gasteiger partial charge in [0.15, 0.2) is 5.96 Å². The standard InChI is InChI=1S/C18H29N3O2/c1-4-19-18(21-13-16-6-5-8-22-16)20-7-9-23-17-11-14(2)10-15(3)12-17/h10-12,16H,4-9,13H2,1-3H3,(H2,19,20,21). The number of guanidine groups is 1. The monoisotopic (exact) mass is 319 g/mol. The number of hydrogen-bond donors (Lipinski definition) is 2. The van der Waals surface area contributed by atoms with Gasteiger partial charge in [0.05, 0.1) is 19.2 Å². The smallest absolute Gasteiger partial charge is 0.191 e. The molecule has 23 heavy (non-hydrogen) atoms. The molecule has 2 rings (SSSR count). The van der Waals surface area contributed by atoms with Crippen molar-refractivity contribution in [2.75, 3.05) is 32.8 Å². The molecule has 1 aliphatic heterocycles. The molecule has 0 aliphatic carbocycles. The molecule has 2 N–H and O–H groups in total. The molecule has 5 heteroatoms. The van der Waals surface area contributed by atoms with Crippen molar-refractivity contribution in [1.29, 1.82) is 0 Å². The summed E-state index contributed by atoms with van der Waals surface area (Å²) in [5.41, 5.74) is 2.44. The molecule has 0 saturated carbocycles. The van der Waals surface area contributed by atoms with E-state index in [-0.39, 0.29) is 6.10 Å². The van der Waals surface area contributed by atoms with E-state index in [1.807, 2.05) is 0 Å². The molecule has 1 aromatic carbocycles. The molecule has 0 aromatic heterocycles. The van der Waals surface area contributed by atoms with Crippen molar-refractivity contribution in [1.82, 2.24) is 10.6 Å². The van der Waals surface area contributed by atoms with Crippen molar-refractivity contribution in [3.63, 3.8) is 0 Å². The van der Waals surface area contributed by atoms with Crippen molar-refractivity contribution in [2.24, 2.45) is 4.99 Å². The summed E-state index contributed by atoms with van der Waals surface area (Å²) >= 11 is 0. The van der Waals surface area contributed by atoms with Gasteiger partial charge in [-0.25, -0.2) is 0 Å². The van der Waals surface area contributed by atoms with E-state index in [0.29, 0.717) is 19.7 Å². The summed E-state index contributed by atoms with van der Waals surface area (Å²) in [6.45, 7) is 9.97. The number of rotatable bonds is 7. The van der Waals surface area contributed by atoms with Crippen LogP contribution in [0, 0.1) is 13.8 Å². The molecule has 0 amide bonds. The van der Waals surface area contributed by atoms with Crippen molar-refractivity contribution < 1.29 is 9.47 Å². The highest BCUT2D eigenvalue weighted by atomic mass is 16.5. The van der Waals surface area contributed by atoms with Crippen molar-refractivity contribution >= 4 is 5.96 Å². The zero-order chi connectivity index (χ0) is 16.5. The predicted octanol–water partition coefficient (Wildman–Crippen LogP) is 2.42. The lowest BCUT2D eigenvalue weighted by Gasteiger charge is -2.13. The fraction of sp³-hybridized carbons (Fsp3) is 0.611. The van der Waals surface area contributed by atoms with Gasteiger partial charge in [-0.15, -0.1) is 0 Å². The Kier molecular flexibility index (Phi) is 7.20. The van der Waals surface area contributed by atoms with Crippen LogP contribution in [0.1, 0.15) is 30.9 Å². The number of nitrogens with one attached hydrogen (secondary N) is 2. The van der Waals surface area contributed by atoms with Gasteiger partial charge in [-0.2, -0.15) is 0 Å². The van der Waals surface area contributed by atoms with Crippen LogP contribution in [0.2, 0.25) is 0 Å². The molecule has 128 valence electrons. The molecule has 1 aromatic rings. The van der Waals surface area contributed by atoms with E-state index in [2.05, 4.69) is 54.6 Å². The van der Waals surface area contributed by atoms with Gasteiger partial charge in [-0.05, 0) is 56.9 Å². The molecule has 0 spiro atoms. The Morgan fingerprint density at radius 3 is 2.70 bits per heavy atom. The maximum absolute atomic E-state index is 5.80. The topological polar surface area (TPSA) is 54.9 Å². The van der Waals surface area contributed by atoms with Crippen LogP contribution in [0.15, 0.2) is 23.2 Å². The molecule has 5 nitrogen and oxygen atoms in total. The van der Waals surface area contributed by atoms with Gasteiger partial charge in [0.25, 0.3) is 0 Å². The van der Waals surface area contributed by atoms with Crippen LogP contribution >= 0.6 is 0 Å². The highest BCUT2D eigenvalue weighted by molar-refractivity contribution is 5.79. The van der Waals surface area contributed by atoms with Crippen molar-refractivity contribution in [3.8, 4) is 5.75 Å². The lowest BCUT2D eigenvalue weighted by Crippen LogP contribution is -2.39. The van der Waals surface area contributed by atoms with Crippen molar-refractivity contribution in [3.05, 3.63) is 29.3 Å². The van der Waals surface area contributed by atoms with Crippen LogP contribution in [0.3, 0.4) is 0 Å². The molecule has 1 heterocycles. The second kappa shape index (κ2) is 9.40. The molecule has 0 radical (unpaired) electrons. The average molecular weight is 319 g/mol. The molecular formula is C18H29N3O2. The summed E-state index contributed by atoms with van der Waals surface area (Å²) < 4.78 is 11.4. The molecular weight excluding hydrogens is 290 g/mol. The molecule has 0 bridgehead atoms. The third-order valence-electron chi connectivity index (χ3n) is 3.68. The van der Waals surface area contributed by atoms with Crippen LogP contribution in [-0.2, 0) is 4.74 Å². The first kappa shape index (κ1) is 17.6. The largest absolute Gasteiger partial charge is 0.492 e. The SMILES string of the molecule is CCNC(=NCC1CCCO1)NCCOc1cc(C)cc(C)c1. The predicted molar refractivity (Wildman–Crippen MR) is 94.4 cm³/mol. The summed E-state index contributed by atoms with van der Waals surface area (Å²) in [5.74, 6) is 1.75. The first-order valence-corrected chi connectivity index (χ1v) is 8.52. The summed E-state index contributed by atoms with van der Waals surface area (Å²) in [6, 6.07) is 6.26. The lowest BCUT2D eigenvalue weighted by atomic mass is 10.1. The first-order chi connectivity index (χ1) is 11.2. The Bertz CT molecular complexity index is 491. The van der Waals surface area contributed by atoms with E-state index in [0.717, 1.165) is 37.7 Å². The number of ether oxygens (including phenoxy) is 2. The Morgan fingerprint density at radius 2 is 2.04 bits per heavy atom. The summed E-state index contributed by atoms with van der Waals surface area (Å²) in [6.07, 6.45) is 2.53. The number of aliphatic imine (C=N–C) groups is 1. The van der Waals surface area contributed by atoms with E-state index in [4.69, 9.17) is 9.47 Å². The number of nitrogens with zero attached hydrogens (tertiary/aromatic N) is 1. The van der Waals surface area contributed by atoms with E-state index in [1.54, 1.807) is 0 Å². The first-order valence-electron chi connectivity index (χ1n) is 8.52. The third kappa shape index (κ3) is 6.48. The van der Waals surface area contributed by atoms with Crippen LogP contribution in [0.5, 0.6) is 5.75 Å². The second-order valence-corrected chi connectivity index (χ2v) is 5.95. The minimum atomic E-state index is 0.275. The average Bonchev–Trinajstić information content (AvgIpc) is 3.01. The summed E-state index contributed by atoms with van der Waals surface area (Å²) in [4.78, 5) is 4.58. The molecule has 1 unspecified atom stereocenters. The maximum atomic E-state index is 5.80. The Labute approximate surface area is 139 Å². The Morgan fingerprint density at radius 1 is 1.26 bits per heavy atom. The second-order valence-electron chi connectivity index (χ2n) is 5.95. The fourth-order valence-electron chi connectivity index (χ4n) is 2.68. The number of hydrogen-bond acceptors (Lipinski definition) is 3. The lowest BCUT2D eigenvalue weighted by molar-refractivity contribution is 0.117. The van der Waals surface area contributed by atoms with Crippen LogP contribution < -0.4 is 15.4 Å². The zero-order valence-corrected chi connectivity index (χ0v) is 14.5. The highest BCUT2D eigenvalue weighted by Crippen LogP contribution is 2.15. The quantitative estimate of drug-likeness (QED) is 0.460.